The van der Waals surface area contributed by atoms with Gasteiger partial charge >= 0.3 is 213 Å². The summed E-state index contributed by atoms with van der Waals surface area (Å²) in [6, 6.07) is -0.908. The van der Waals surface area contributed by atoms with Gasteiger partial charge in [0.05, 0.1) is 0 Å². The molecule has 2 atom stereocenters. The van der Waals surface area contributed by atoms with Crippen LogP contribution in [0.5, 0.6) is 0 Å². The first kappa shape index (κ1) is 31.0. The van der Waals surface area contributed by atoms with Gasteiger partial charge < -0.3 is 0 Å². The Hall–Kier alpha value is -1.05. The second-order valence-electron chi connectivity index (χ2n) is 10.7. The Labute approximate surface area is 212 Å². The third-order valence-corrected chi connectivity index (χ3v) is 20.8. The van der Waals surface area contributed by atoms with E-state index in [1.54, 1.807) is 27.7 Å². The SMILES string of the molecule is CCC[CH2][Sn](/[CH]=C/C[C@@H]1C[C@H](C(=O)OCC)N(C(=O)OC(C)(C)C)C1=O)([CH2]CCC)[CH2]CCC. The molecule has 0 N–H and O–H groups in total. The predicted octanol–water partition coefficient (Wildman–Crippen LogP) is 7.04. The number of rotatable bonds is 14. The van der Waals surface area contributed by atoms with E-state index in [-0.39, 0.29) is 12.5 Å². The molecule has 6 nitrogen and oxygen atoms in total. The van der Waals surface area contributed by atoms with Crippen LogP contribution in [0.1, 0.15) is 99.8 Å². The molecule has 1 heterocycles. The molecule has 1 aliphatic heterocycles. The third kappa shape index (κ3) is 9.90. The Bertz CT molecular complexity index is 663. The number of nitrogens with zero attached hydrogens (tertiary/aromatic N) is 1. The van der Waals surface area contributed by atoms with Crippen molar-refractivity contribution >= 4 is 36.3 Å². The summed E-state index contributed by atoms with van der Waals surface area (Å²) in [7, 11) is 0. The van der Waals surface area contributed by atoms with Crippen molar-refractivity contribution in [2.75, 3.05) is 6.61 Å². The molecule has 34 heavy (non-hydrogen) atoms. The summed E-state index contributed by atoms with van der Waals surface area (Å²) in [5.41, 5.74) is -0.750. The topological polar surface area (TPSA) is 72.9 Å². The molecule has 1 fully saturated rings. The first-order chi connectivity index (χ1) is 16.0. The minimum atomic E-state index is -2.45. The van der Waals surface area contributed by atoms with Gasteiger partial charge in [0.2, 0.25) is 0 Å². The van der Waals surface area contributed by atoms with Crippen molar-refractivity contribution in [1.82, 2.24) is 4.90 Å². The summed E-state index contributed by atoms with van der Waals surface area (Å²) < 4.78 is 17.3. The number of carbonyl (C=O) groups excluding carboxylic acids is 3. The van der Waals surface area contributed by atoms with Gasteiger partial charge in [-0.15, -0.1) is 0 Å². The summed E-state index contributed by atoms with van der Waals surface area (Å²) in [5.74, 6) is -1.25. The molecule has 7 heteroatoms. The molecule has 0 bridgehead atoms. The van der Waals surface area contributed by atoms with Gasteiger partial charge in [0.15, 0.2) is 0 Å². The normalized spacial score (nSPS) is 19.1. The number of carbonyl (C=O) groups is 3. The number of unbranched alkanes of at least 4 members (excludes halogenated alkanes) is 3. The Morgan fingerprint density at radius 2 is 1.53 bits per heavy atom. The number of esters is 1. The van der Waals surface area contributed by atoms with Crippen molar-refractivity contribution in [1.29, 1.82) is 0 Å². The molecular formula is C27H49NO5Sn. The van der Waals surface area contributed by atoms with Gasteiger partial charge in [0.25, 0.3) is 0 Å². The zero-order valence-electron chi connectivity index (χ0n) is 22.8. The monoisotopic (exact) mass is 587 g/mol. The molecule has 1 aliphatic rings. The fourth-order valence-corrected chi connectivity index (χ4v) is 19.1. The molecule has 0 unspecified atom stereocenters. The molecule has 196 valence electrons. The molecule has 0 aromatic heterocycles. The van der Waals surface area contributed by atoms with Crippen LogP contribution in [0.25, 0.3) is 0 Å². The Kier molecular flexibility index (Phi) is 13.8. The Morgan fingerprint density at radius 1 is 1.00 bits per heavy atom. The number of imide groups is 1. The van der Waals surface area contributed by atoms with E-state index in [0.29, 0.717) is 12.8 Å². The molecule has 0 saturated carbocycles. The average molecular weight is 586 g/mol. The summed E-state index contributed by atoms with van der Waals surface area (Å²) in [5, 5.41) is 0. The number of allylic oxidation sites excluding steroid dienone is 1. The standard InChI is InChI=1S/C15H22NO5.3C4H9.Sn/c1-6-8-10-9-11(13(18)20-7-2)16(12(10)17)14(19)21-15(3,4)5;3*1-3-4-2;/h1,6,10-11H,7-9H2,2-5H3;3*1,3-4H2,2H3;/t10-,11-;;;;/m1..../s1. The minimum absolute atomic E-state index is 0.208. The first-order valence-electron chi connectivity index (χ1n) is 13.4. The van der Waals surface area contributed by atoms with Crippen molar-refractivity contribution in [3.05, 3.63) is 10.2 Å². The van der Waals surface area contributed by atoms with Crippen molar-refractivity contribution in [3.8, 4) is 0 Å². The molecule has 0 spiro atoms. The van der Waals surface area contributed by atoms with Crippen molar-refractivity contribution in [2.24, 2.45) is 5.92 Å². The second-order valence-corrected chi connectivity index (χ2v) is 23.7. The number of hydrogen-bond acceptors (Lipinski definition) is 5. The van der Waals surface area contributed by atoms with Crippen LogP contribution in [-0.4, -0.2) is 59.5 Å². The van der Waals surface area contributed by atoms with Crippen LogP contribution in [0, 0.1) is 5.92 Å². The van der Waals surface area contributed by atoms with Crippen LogP contribution >= 0.6 is 0 Å². The summed E-state index contributed by atoms with van der Waals surface area (Å²) in [6.07, 6.45) is 9.84. The van der Waals surface area contributed by atoms with Crippen LogP contribution in [0.15, 0.2) is 10.2 Å². The van der Waals surface area contributed by atoms with Gasteiger partial charge in [0.1, 0.15) is 0 Å². The molecule has 2 amide bonds. The molecule has 1 rings (SSSR count). The fraction of sp³-hybridized carbons (Fsp3) is 0.815. The maximum absolute atomic E-state index is 13.2. The van der Waals surface area contributed by atoms with E-state index in [0.717, 1.165) is 4.90 Å². The molecule has 0 radical (unpaired) electrons. The van der Waals surface area contributed by atoms with Crippen LogP contribution in [0.3, 0.4) is 0 Å². The molecular weight excluding hydrogens is 537 g/mol. The van der Waals surface area contributed by atoms with E-state index in [9.17, 15) is 14.4 Å². The average Bonchev–Trinajstić information content (AvgIpc) is 3.10. The van der Waals surface area contributed by atoms with Crippen LogP contribution < -0.4 is 0 Å². The van der Waals surface area contributed by atoms with Gasteiger partial charge in [-0.25, -0.2) is 0 Å². The molecule has 0 aromatic carbocycles. The number of ether oxygens (including phenoxy) is 2. The van der Waals surface area contributed by atoms with E-state index >= 15 is 0 Å². The van der Waals surface area contributed by atoms with Gasteiger partial charge in [-0.1, -0.05) is 0 Å². The van der Waals surface area contributed by atoms with E-state index in [1.807, 2.05) is 0 Å². The van der Waals surface area contributed by atoms with Crippen molar-refractivity contribution in [2.45, 2.75) is 125 Å². The second kappa shape index (κ2) is 15.1. The van der Waals surface area contributed by atoms with Crippen molar-refractivity contribution in [3.63, 3.8) is 0 Å². The molecule has 0 aliphatic carbocycles. The van der Waals surface area contributed by atoms with E-state index in [4.69, 9.17) is 9.47 Å². The van der Waals surface area contributed by atoms with Crippen LogP contribution in [0.4, 0.5) is 4.79 Å². The van der Waals surface area contributed by atoms with Gasteiger partial charge in [-0.2, -0.15) is 0 Å². The number of amides is 2. The van der Waals surface area contributed by atoms with Gasteiger partial charge in [0, 0.05) is 0 Å². The van der Waals surface area contributed by atoms with E-state index in [2.05, 4.69) is 30.9 Å². The maximum atomic E-state index is 13.2. The summed E-state index contributed by atoms with van der Waals surface area (Å²) >= 11 is -2.45. The van der Waals surface area contributed by atoms with E-state index in [1.165, 1.54) is 51.8 Å². The van der Waals surface area contributed by atoms with Crippen LogP contribution in [-0.2, 0) is 19.1 Å². The van der Waals surface area contributed by atoms with Crippen LogP contribution in [0.2, 0.25) is 13.3 Å². The van der Waals surface area contributed by atoms with Crippen molar-refractivity contribution < 1.29 is 23.9 Å². The number of likely N-dealkylation sites (tertiary alicyclic amines) is 1. The zero-order valence-corrected chi connectivity index (χ0v) is 25.6. The summed E-state index contributed by atoms with van der Waals surface area (Å²) in [6.45, 7) is 14.0. The Balaban J connectivity index is 3.08. The number of hydrogen-bond donors (Lipinski definition) is 0. The van der Waals surface area contributed by atoms with Gasteiger partial charge in [-0.05, 0) is 0 Å². The zero-order chi connectivity index (χ0) is 25.8. The summed E-state index contributed by atoms with van der Waals surface area (Å²) in [4.78, 5) is 39.6. The molecule has 0 aromatic rings. The van der Waals surface area contributed by atoms with Gasteiger partial charge in [-0.3, -0.25) is 0 Å². The molecule has 1 saturated heterocycles. The quantitative estimate of drug-likeness (QED) is 0.161. The fourth-order valence-electron chi connectivity index (χ4n) is 4.69. The predicted molar refractivity (Wildman–Crippen MR) is 140 cm³/mol. The third-order valence-electron chi connectivity index (χ3n) is 6.53. The van der Waals surface area contributed by atoms with E-state index < -0.39 is 48.0 Å². The first-order valence-corrected chi connectivity index (χ1v) is 21.1. The Morgan fingerprint density at radius 3 is 1.97 bits per heavy atom.